The summed E-state index contributed by atoms with van der Waals surface area (Å²) in [7, 11) is 0. The zero-order valence-corrected chi connectivity index (χ0v) is 18.3. The van der Waals surface area contributed by atoms with Crippen LogP contribution in [-0.4, -0.2) is 28.7 Å². The fourth-order valence-corrected chi connectivity index (χ4v) is 3.65. The van der Waals surface area contributed by atoms with Crippen LogP contribution in [0.2, 0.25) is 10.0 Å². The molecule has 6 nitrogen and oxygen atoms in total. The molecule has 1 N–H and O–H groups in total. The van der Waals surface area contributed by atoms with Crippen molar-refractivity contribution in [3.8, 4) is 11.6 Å². The first kappa shape index (κ1) is 21.3. The predicted molar refractivity (Wildman–Crippen MR) is 118 cm³/mol. The first-order valence-electron chi connectivity index (χ1n) is 9.59. The highest BCUT2D eigenvalue weighted by Gasteiger charge is 2.24. The van der Waals surface area contributed by atoms with Gasteiger partial charge in [0.2, 0.25) is 5.88 Å². The van der Waals surface area contributed by atoms with Crippen molar-refractivity contribution < 1.29 is 14.0 Å². The van der Waals surface area contributed by atoms with Crippen LogP contribution in [0.15, 0.2) is 47.6 Å². The summed E-state index contributed by atoms with van der Waals surface area (Å²) in [6.07, 6.45) is 0.592. The largest absolute Gasteiger partial charge is 0.434 e. The Morgan fingerprint density at radius 2 is 2.00 bits per heavy atom. The summed E-state index contributed by atoms with van der Waals surface area (Å²) < 4.78 is 20.2. The van der Waals surface area contributed by atoms with Crippen molar-refractivity contribution in [3.05, 3.63) is 80.7 Å². The van der Waals surface area contributed by atoms with Gasteiger partial charge in [-0.25, -0.2) is 4.39 Å². The van der Waals surface area contributed by atoms with Gasteiger partial charge >= 0.3 is 0 Å². The molecule has 3 aromatic rings. The van der Waals surface area contributed by atoms with Gasteiger partial charge in [0.15, 0.2) is 17.4 Å². The summed E-state index contributed by atoms with van der Waals surface area (Å²) in [5.41, 5.74) is 2.56. The minimum atomic E-state index is -0.458. The van der Waals surface area contributed by atoms with Gasteiger partial charge in [0.05, 0.1) is 17.3 Å². The number of hydrogen-bond acceptors (Lipinski definition) is 6. The van der Waals surface area contributed by atoms with Gasteiger partial charge in [0.1, 0.15) is 6.61 Å². The first-order valence-corrected chi connectivity index (χ1v) is 10.3. The van der Waals surface area contributed by atoms with Crippen LogP contribution in [0.1, 0.15) is 22.4 Å². The van der Waals surface area contributed by atoms with Crippen molar-refractivity contribution in [3.63, 3.8) is 0 Å². The minimum Gasteiger partial charge on any atom is -0.434 e. The molecule has 0 saturated heterocycles. The molecule has 1 aliphatic rings. The fraction of sp³-hybridized carbons (Fsp3) is 0.227. The molecule has 0 fully saturated rings. The molecule has 2 heterocycles. The fourth-order valence-electron chi connectivity index (χ4n) is 3.17. The summed E-state index contributed by atoms with van der Waals surface area (Å²) in [6.45, 7) is 3.81. The van der Waals surface area contributed by atoms with E-state index in [1.54, 1.807) is 44.2 Å². The third kappa shape index (κ3) is 4.89. The van der Waals surface area contributed by atoms with E-state index in [1.807, 2.05) is 6.07 Å². The van der Waals surface area contributed by atoms with Crippen LogP contribution in [-0.2, 0) is 11.3 Å². The zero-order chi connectivity index (χ0) is 22.0. The molecule has 0 amide bonds. The summed E-state index contributed by atoms with van der Waals surface area (Å²) in [4.78, 5) is 5.45. The quantitative estimate of drug-likeness (QED) is 0.564. The van der Waals surface area contributed by atoms with Crippen LogP contribution in [0.4, 0.5) is 4.39 Å². The lowest BCUT2D eigenvalue weighted by Crippen LogP contribution is -2.43. The van der Waals surface area contributed by atoms with Gasteiger partial charge in [0, 0.05) is 10.0 Å². The highest BCUT2D eigenvalue weighted by Crippen LogP contribution is 2.28. The number of halogens is 3. The number of benzene rings is 2. The second-order valence-electron chi connectivity index (χ2n) is 7.21. The van der Waals surface area contributed by atoms with E-state index in [9.17, 15) is 4.39 Å². The normalized spacial score (nSPS) is 15.6. The van der Waals surface area contributed by atoms with E-state index >= 15 is 0 Å². The van der Waals surface area contributed by atoms with Gasteiger partial charge in [-0.15, -0.1) is 5.10 Å². The van der Waals surface area contributed by atoms with E-state index in [4.69, 9.17) is 32.8 Å². The average molecular weight is 461 g/mol. The molecule has 1 atom stereocenters. The monoisotopic (exact) mass is 460 g/mol. The number of amidine groups is 1. The Hall–Kier alpha value is -2.90. The molecule has 9 heteroatoms. The second-order valence-corrected chi connectivity index (χ2v) is 8.05. The molecule has 4 rings (SSSR count). The summed E-state index contributed by atoms with van der Waals surface area (Å²) >= 11 is 12.3. The van der Waals surface area contributed by atoms with Crippen molar-refractivity contribution in [1.82, 2.24) is 15.5 Å². The van der Waals surface area contributed by atoms with E-state index in [-0.39, 0.29) is 17.7 Å². The van der Waals surface area contributed by atoms with Gasteiger partial charge in [-0.1, -0.05) is 46.6 Å². The maximum absolute atomic E-state index is 14.4. The number of oxime groups is 1. The number of nitrogens with one attached hydrogen (secondary N) is 1. The van der Waals surface area contributed by atoms with Crippen LogP contribution in [0.5, 0.6) is 11.6 Å². The minimum absolute atomic E-state index is 0.0567. The van der Waals surface area contributed by atoms with E-state index in [2.05, 4.69) is 20.7 Å². The van der Waals surface area contributed by atoms with Gasteiger partial charge in [-0.05, 0) is 55.7 Å². The molecule has 0 bridgehead atoms. The van der Waals surface area contributed by atoms with E-state index in [0.717, 1.165) is 5.56 Å². The maximum Gasteiger partial charge on any atom is 0.250 e. The predicted octanol–water partition coefficient (Wildman–Crippen LogP) is 5.22. The van der Waals surface area contributed by atoms with Gasteiger partial charge in [-0.2, -0.15) is 5.10 Å². The van der Waals surface area contributed by atoms with Crippen molar-refractivity contribution in [2.75, 3.05) is 6.61 Å². The summed E-state index contributed by atoms with van der Waals surface area (Å²) in [6, 6.07) is 11.9. The third-order valence-corrected chi connectivity index (χ3v) is 5.34. The molecule has 1 aromatic heterocycles. The molecule has 31 heavy (non-hydrogen) atoms. The van der Waals surface area contributed by atoms with Crippen LogP contribution >= 0.6 is 23.2 Å². The molecule has 0 spiro atoms. The number of nitrogens with zero attached hydrogens (tertiary/aromatic N) is 3. The molecule has 0 saturated carbocycles. The lowest BCUT2D eigenvalue weighted by molar-refractivity contribution is 0.109. The van der Waals surface area contributed by atoms with Crippen molar-refractivity contribution >= 4 is 29.0 Å². The summed E-state index contributed by atoms with van der Waals surface area (Å²) in [5, 5.41) is 16.8. The smallest absolute Gasteiger partial charge is 0.250 e. The lowest BCUT2D eigenvalue weighted by atomic mass is 10.1. The topological polar surface area (TPSA) is 68.6 Å². The Morgan fingerprint density at radius 3 is 2.81 bits per heavy atom. The SMILES string of the molecule is Cc1cc(C2=NOCC(Cc3ccc(Cl)cc3Cl)N2)c(Oc2cccc(C)c2F)nn1. The van der Waals surface area contributed by atoms with E-state index < -0.39 is 5.82 Å². The van der Waals surface area contributed by atoms with Gasteiger partial charge in [-0.3, -0.25) is 0 Å². The van der Waals surface area contributed by atoms with Crippen molar-refractivity contribution in [2.24, 2.45) is 5.16 Å². The number of aromatic nitrogens is 2. The summed E-state index contributed by atoms with van der Waals surface area (Å²) in [5.74, 6) is 0.139. The molecule has 2 aromatic carbocycles. The molecule has 0 aliphatic carbocycles. The van der Waals surface area contributed by atoms with Gasteiger partial charge in [0.25, 0.3) is 0 Å². The zero-order valence-electron chi connectivity index (χ0n) is 16.8. The molecule has 0 radical (unpaired) electrons. The number of rotatable bonds is 5. The highest BCUT2D eigenvalue weighted by molar-refractivity contribution is 6.35. The molecule has 1 unspecified atom stereocenters. The average Bonchev–Trinajstić information content (AvgIpc) is 2.75. The van der Waals surface area contributed by atoms with Crippen molar-refractivity contribution in [2.45, 2.75) is 26.3 Å². The molecular weight excluding hydrogens is 442 g/mol. The van der Waals surface area contributed by atoms with Crippen LogP contribution in [0.3, 0.4) is 0 Å². The number of ether oxygens (including phenoxy) is 1. The molecular formula is C22H19Cl2FN4O2. The van der Waals surface area contributed by atoms with Crippen LogP contribution in [0.25, 0.3) is 0 Å². The number of hydrogen-bond donors (Lipinski definition) is 1. The Labute approximate surface area is 189 Å². The highest BCUT2D eigenvalue weighted by atomic mass is 35.5. The second kappa shape index (κ2) is 9.08. The van der Waals surface area contributed by atoms with Crippen LogP contribution < -0.4 is 10.1 Å². The van der Waals surface area contributed by atoms with Crippen LogP contribution in [0, 0.1) is 19.7 Å². The lowest BCUT2D eigenvalue weighted by Gasteiger charge is -2.25. The standard InChI is InChI=1S/C22H19Cl2FN4O2/c1-12-4-3-5-19(20(12)25)31-22-17(8-13(2)27-28-22)21-26-16(11-30-29-21)9-14-6-7-15(23)10-18(14)24/h3-8,10,16H,9,11H2,1-2H3,(H,26,29). The maximum atomic E-state index is 14.4. The third-order valence-electron chi connectivity index (χ3n) is 4.75. The molecule has 1 aliphatic heterocycles. The Balaban J connectivity index is 1.59. The van der Waals surface area contributed by atoms with E-state index in [1.165, 1.54) is 6.07 Å². The van der Waals surface area contributed by atoms with Crippen molar-refractivity contribution in [1.29, 1.82) is 0 Å². The van der Waals surface area contributed by atoms with Gasteiger partial charge < -0.3 is 14.9 Å². The Kier molecular flexibility index (Phi) is 6.25. The first-order chi connectivity index (χ1) is 14.9. The Bertz CT molecular complexity index is 1160. The molecule has 160 valence electrons. The number of aryl methyl sites for hydroxylation is 2. The van der Waals surface area contributed by atoms with E-state index in [0.29, 0.717) is 45.7 Å². The Morgan fingerprint density at radius 1 is 1.16 bits per heavy atom.